The number of carbonyl (C=O) groups excluding carboxylic acids is 1. The van der Waals surface area contributed by atoms with Gasteiger partial charge in [-0.1, -0.05) is 0 Å². The summed E-state index contributed by atoms with van der Waals surface area (Å²) in [6, 6.07) is 1.83. The van der Waals surface area contributed by atoms with Crippen molar-refractivity contribution in [1.29, 1.82) is 0 Å². The lowest BCUT2D eigenvalue weighted by atomic mass is 9.93. The van der Waals surface area contributed by atoms with Crippen molar-refractivity contribution in [2.24, 2.45) is 5.92 Å². The van der Waals surface area contributed by atoms with E-state index in [1.807, 2.05) is 24.8 Å². The first-order chi connectivity index (χ1) is 10.0. The highest BCUT2D eigenvalue weighted by molar-refractivity contribution is 5.92. The molecular formula is C15H23N3O3. The van der Waals surface area contributed by atoms with Crippen LogP contribution in [0.15, 0.2) is 6.07 Å². The van der Waals surface area contributed by atoms with Crippen molar-refractivity contribution in [2.75, 3.05) is 13.1 Å². The van der Waals surface area contributed by atoms with Crippen molar-refractivity contribution in [3.05, 3.63) is 17.5 Å². The topological polar surface area (TPSA) is 75.4 Å². The number of aromatic nitrogens is 2. The SMILES string of the molecule is CCn1nc(C)cc1C(=O)N1CCCC(CCC(=O)O)C1. The molecule has 0 spiro atoms. The molecule has 1 saturated heterocycles. The summed E-state index contributed by atoms with van der Waals surface area (Å²) in [6.45, 7) is 5.92. The van der Waals surface area contributed by atoms with Gasteiger partial charge in [0.05, 0.1) is 5.69 Å². The number of aliphatic carboxylic acids is 1. The average molecular weight is 293 g/mol. The number of carboxylic acids is 1. The first-order valence-corrected chi connectivity index (χ1v) is 7.56. The van der Waals surface area contributed by atoms with Gasteiger partial charge in [-0.3, -0.25) is 14.3 Å². The molecule has 0 aliphatic carbocycles. The van der Waals surface area contributed by atoms with E-state index in [-0.39, 0.29) is 18.2 Å². The second-order valence-electron chi connectivity index (χ2n) is 5.68. The summed E-state index contributed by atoms with van der Waals surface area (Å²) in [4.78, 5) is 25.1. The van der Waals surface area contributed by atoms with Gasteiger partial charge >= 0.3 is 5.97 Å². The van der Waals surface area contributed by atoms with E-state index < -0.39 is 5.97 Å². The maximum atomic E-state index is 12.6. The Morgan fingerprint density at radius 3 is 2.90 bits per heavy atom. The van der Waals surface area contributed by atoms with Gasteiger partial charge in [0.25, 0.3) is 5.91 Å². The van der Waals surface area contributed by atoms with Crippen LogP contribution in [0.4, 0.5) is 0 Å². The third-order valence-corrected chi connectivity index (χ3v) is 3.99. The molecule has 0 aromatic carbocycles. The largest absolute Gasteiger partial charge is 0.481 e. The average Bonchev–Trinajstić information content (AvgIpc) is 2.85. The maximum Gasteiger partial charge on any atom is 0.303 e. The van der Waals surface area contributed by atoms with Crippen LogP contribution in [0.2, 0.25) is 0 Å². The molecule has 1 aliphatic rings. The Labute approximate surface area is 124 Å². The molecule has 6 heteroatoms. The number of aryl methyl sites for hydroxylation is 2. The molecule has 1 amide bonds. The summed E-state index contributed by atoms with van der Waals surface area (Å²) < 4.78 is 1.73. The number of carboxylic acid groups (broad SMARTS) is 1. The quantitative estimate of drug-likeness (QED) is 0.900. The fraction of sp³-hybridized carbons (Fsp3) is 0.667. The fourth-order valence-corrected chi connectivity index (χ4v) is 2.93. The summed E-state index contributed by atoms with van der Waals surface area (Å²) >= 11 is 0. The molecule has 1 unspecified atom stereocenters. The van der Waals surface area contributed by atoms with Gasteiger partial charge in [0.1, 0.15) is 5.69 Å². The Hall–Kier alpha value is -1.85. The molecule has 2 rings (SSSR count). The van der Waals surface area contributed by atoms with Crippen LogP contribution in [0, 0.1) is 12.8 Å². The monoisotopic (exact) mass is 293 g/mol. The fourth-order valence-electron chi connectivity index (χ4n) is 2.93. The van der Waals surface area contributed by atoms with Gasteiger partial charge in [-0.25, -0.2) is 0 Å². The number of likely N-dealkylation sites (tertiary alicyclic amines) is 1. The van der Waals surface area contributed by atoms with Gasteiger partial charge in [-0.15, -0.1) is 0 Å². The number of piperidine rings is 1. The minimum absolute atomic E-state index is 0.0116. The Balaban J connectivity index is 2.03. The van der Waals surface area contributed by atoms with Crippen LogP contribution >= 0.6 is 0 Å². The van der Waals surface area contributed by atoms with Crippen LogP contribution in [-0.2, 0) is 11.3 Å². The zero-order valence-corrected chi connectivity index (χ0v) is 12.7. The van der Waals surface area contributed by atoms with Crippen LogP contribution in [0.5, 0.6) is 0 Å². The minimum Gasteiger partial charge on any atom is -0.481 e. The summed E-state index contributed by atoms with van der Waals surface area (Å²) in [5.41, 5.74) is 1.48. The summed E-state index contributed by atoms with van der Waals surface area (Å²) in [7, 11) is 0. The van der Waals surface area contributed by atoms with Crippen LogP contribution < -0.4 is 0 Å². The Kier molecular flexibility index (Phi) is 4.98. The highest BCUT2D eigenvalue weighted by Crippen LogP contribution is 2.22. The molecule has 1 aliphatic heterocycles. The Bertz CT molecular complexity index is 524. The van der Waals surface area contributed by atoms with Crippen molar-refractivity contribution in [3.8, 4) is 0 Å². The highest BCUT2D eigenvalue weighted by Gasteiger charge is 2.26. The lowest BCUT2D eigenvalue weighted by Gasteiger charge is -2.32. The van der Waals surface area contributed by atoms with Crippen molar-refractivity contribution >= 4 is 11.9 Å². The minimum atomic E-state index is -0.766. The van der Waals surface area contributed by atoms with Crippen LogP contribution in [0.1, 0.15) is 48.8 Å². The second kappa shape index (κ2) is 6.74. The number of hydrogen-bond donors (Lipinski definition) is 1. The number of carbonyl (C=O) groups is 2. The zero-order valence-electron chi connectivity index (χ0n) is 12.7. The summed E-state index contributed by atoms with van der Waals surface area (Å²) in [5, 5.41) is 13.1. The van der Waals surface area contributed by atoms with Crippen molar-refractivity contribution in [2.45, 2.75) is 46.1 Å². The number of hydrogen-bond acceptors (Lipinski definition) is 3. The standard InChI is InChI=1S/C15H23N3O3/c1-3-18-13(9-11(2)16-18)15(21)17-8-4-5-12(10-17)6-7-14(19)20/h9,12H,3-8,10H2,1-2H3,(H,19,20). The van der Waals surface area contributed by atoms with E-state index in [0.717, 1.165) is 25.1 Å². The zero-order chi connectivity index (χ0) is 15.4. The molecule has 1 aromatic heterocycles. The molecule has 0 radical (unpaired) electrons. The number of amides is 1. The van der Waals surface area contributed by atoms with E-state index in [0.29, 0.717) is 25.2 Å². The first kappa shape index (κ1) is 15.5. The maximum absolute atomic E-state index is 12.6. The highest BCUT2D eigenvalue weighted by atomic mass is 16.4. The normalized spacial score (nSPS) is 18.8. The molecule has 0 bridgehead atoms. The van der Waals surface area contributed by atoms with Crippen LogP contribution in [-0.4, -0.2) is 44.8 Å². The predicted octanol–water partition coefficient (Wildman–Crippen LogP) is 1.93. The van der Waals surface area contributed by atoms with Crippen molar-refractivity contribution < 1.29 is 14.7 Å². The molecule has 21 heavy (non-hydrogen) atoms. The van der Waals surface area contributed by atoms with E-state index in [1.165, 1.54) is 0 Å². The number of nitrogens with zero attached hydrogens (tertiary/aromatic N) is 3. The molecule has 1 fully saturated rings. The molecular weight excluding hydrogens is 270 g/mol. The first-order valence-electron chi connectivity index (χ1n) is 7.56. The van der Waals surface area contributed by atoms with E-state index >= 15 is 0 Å². The van der Waals surface area contributed by atoms with Gasteiger partial charge in [0.15, 0.2) is 0 Å². The van der Waals surface area contributed by atoms with Gasteiger partial charge < -0.3 is 10.0 Å². The Morgan fingerprint density at radius 2 is 2.24 bits per heavy atom. The predicted molar refractivity (Wildman–Crippen MR) is 78.1 cm³/mol. The third kappa shape index (κ3) is 3.83. The van der Waals surface area contributed by atoms with E-state index in [2.05, 4.69) is 5.10 Å². The van der Waals surface area contributed by atoms with Crippen molar-refractivity contribution in [1.82, 2.24) is 14.7 Å². The van der Waals surface area contributed by atoms with Crippen LogP contribution in [0.3, 0.4) is 0 Å². The van der Waals surface area contributed by atoms with Gasteiger partial charge in [0, 0.05) is 26.1 Å². The summed E-state index contributed by atoms with van der Waals surface area (Å²) in [5.74, 6) is -0.464. The van der Waals surface area contributed by atoms with E-state index in [1.54, 1.807) is 4.68 Å². The smallest absolute Gasteiger partial charge is 0.303 e. The lowest BCUT2D eigenvalue weighted by Crippen LogP contribution is -2.40. The van der Waals surface area contributed by atoms with Gasteiger partial charge in [-0.2, -0.15) is 5.10 Å². The molecule has 0 saturated carbocycles. The Morgan fingerprint density at radius 1 is 1.48 bits per heavy atom. The van der Waals surface area contributed by atoms with Gasteiger partial charge in [0.2, 0.25) is 0 Å². The number of rotatable bonds is 5. The molecule has 2 heterocycles. The molecule has 1 atom stereocenters. The molecule has 6 nitrogen and oxygen atoms in total. The van der Waals surface area contributed by atoms with E-state index in [4.69, 9.17) is 5.11 Å². The molecule has 1 aromatic rings. The van der Waals surface area contributed by atoms with Crippen LogP contribution in [0.25, 0.3) is 0 Å². The lowest BCUT2D eigenvalue weighted by molar-refractivity contribution is -0.137. The molecule has 116 valence electrons. The van der Waals surface area contributed by atoms with E-state index in [9.17, 15) is 9.59 Å². The second-order valence-corrected chi connectivity index (χ2v) is 5.68. The molecule has 1 N–H and O–H groups in total. The van der Waals surface area contributed by atoms with Gasteiger partial charge in [-0.05, 0) is 45.1 Å². The van der Waals surface area contributed by atoms with Crippen molar-refractivity contribution in [3.63, 3.8) is 0 Å². The third-order valence-electron chi connectivity index (χ3n) is 3.99. The summed E-state index contributed by atoms with van der Waals surface area (Å²) in [6.07, 6.45) is 2.77.